The molecule has 0 fully saturated rings. The third kappa shape index (κ3) is 3.35. The van der Waals surface area contributed by atoms with Crippen molar-refractivity contribution in [2.45, 2.75) is 39.7 Å². The Morgan fingerprint density at radius 2 is 2.20 bits per heavy atom. The maximum absolute atomic E-state index is 5.54. The van der Waals surface area contributed by atoms with Crippen molar-refractivity contribution in [2.24, 2.45) is 5.92 Å². The van der Waals surface area contributed by atoms with Gasteiger partial charge in [-0.1, -0.05) is 27.2 Å². The fraction of sp³-hybridized carbons (Fsp3) is 0.667. The highest BCUT2D eigenvalue weighted by Gasteiger charge is 2.22. The molecule has 0 aromatic carbocycles. The molecule has 2 unspecified atom stereocenters. The van der Waals surface area contributed by atoms with E-state index < -0.39 is 0 Å². The Kier molecular flexibility index (Phi) is 5.40. The van der Waals surface area contributed by atoms with Gasteiger partial charge in [0.05, 0.1) is 16.8 Å². The summed E-state index contributed by atoms with van der Waals surface area (Å²) in [6, 6.07) is 2.28. The summed E-state index contributed by atoms with van der Waals surface area (Å²) >= 11 is 3.52. The van der Waals surface area contributed by atoms with Crippen LogP contribution in [0.2, 0.25) is 0 Å². The molecule has 3 heteroatoms. The summed E-state index contributed by atoms with van der Waals surface area (Å²) in [6.07, 6.45) is 4.03. The average molecular weight is 274 g/mol. The van der Waals surface area contributed by atoms with Gasteiger partial charge in [-0.15, -0.1) is 0 Å². The predicted octanol–water partition coefficient (Wildman–Crippen LogP) is 4.13. The Bertz CT molecular complexity index is 285. The highest BCUT2D eigenvalue weighted by molar-refractivity contribution is 9.10. The fourth-order valence-electron chi connectivity index (χ4n) is 1.62. The van der Waals surface area contributed by atoms with Crippen LogP contribution in [-0.4, -0.2) is 6.54 Å². The summed E-state index contributed by atoms with van der Waals surface area (Å²) in [4.78, 5) is 0. The Morgan fingerprint density at radius 3 is 2.67 bits per heavy atom. The van der Waals surface area contributed by atoms with Gasteiger partial charge in [-0.3, -0.25) is 0 Å². The summed E-state index contributed by atoms with van der Waals surface area (Å²) in [5.74, 6) is 1.61. The molecule has 0 aliphatic rings. The van der Waals surface area contributed by atoms with Crippen LogP contribution in [0.5, 0.6) is 0 Å². The van der Waals surface area contributed by atoms with Crippen LogP contribution in [0.4, 0.5) is 0 Å². The van der Waals surface area contributed by atoms with E-state index >= 15 is 0 Å². The third-order valence-electron chi connectivity index (χ3n) is 2.75. The Morgan fingerprint density at radius 1 is 1.47 bits per heavy atom. The molecule has 0 saturated heterocycles. The molecular weight excluding hydrogens is 254 g/mol. The Labute approximate surface area is 101 Å². The van der Waals surface area contributed by atoms with Crippen molar-refractivity contribution < 1.29 is 4.42 Å². The van der Waals surface area contributed by atoms with Crippen molar-refractivity contribution in [3.63, 3.8) is 0 Å². The number of nitrogens with one attached hydrogen (secondary N) is 1. The third-order valence-corrected chi connectivity index (χ3v) is 3.41. The second kappa shape index (κ2) is 6.33. The van der Waals surface area contributed by atoms with E-state index in [-0.39, 0.29) is 0 Å². The molecule has 15 heavy (non-hydrogen) atoms. The van der Waals surface area contributed by atoms with Gasteiger partial charge in [-0.25, -0.2) is 0 Å². The first-order valence-electron chi connectivity index (χ1n) is 5.66. The fourth-order valence-corrected chi connectivity index (χ4v) is 2.06. The van der Waals surface area contributed by atoms with E-state index in [2.05, 4.69) is 42.0 Å². The molecule has 0 spiro atoms. The summed E-state index contributed by atoms with van der Waals surface area (Å²) in [6.45, 7) is 7.67. The standard InChI is InChI=1S/C12H20BrNO/c1-4-7-14-11(9(3)5-2)12-10(13)6-8-15-12/h6,8-9,11,14H,4-5,7H2,1-3H3. The molecule has 2 atom stereocenters. The largest absolute Gasteiger partial charge is 0.466 e. The lowest BCUT2D eigenvalue weighted by molar-refractivity contribution is 0.318. The van der Waals surface area contributed by atoms with E-state index in [1.54, 1.807) is 6.26 Å². The van der Waals surface area contributed by atoms with Crippen LogP contribution in [0, 0.1) is 5.92 Å². The molecule has 0 radical (unpaired) electrons. The van der Waals surface area contributed by atoms with Crippen molar-refractivity contribution in [1.82, 2.24) is 5.32 Å². The number of rotatable bonds is 6. The van der Waals surface area contributed by atoms with E-state index in [0.717, 1.165) is 29.6 Å². The highest BCUT2D eigenvalue weighted by Crippen LogP contribution is 2.30. The van der Waals surface area contributed by atoms with Crippen LogP contribution in [-0.2, 0) is 0 Å². The number of halogens is 1. The Hall–Kier alpha value is -0.280. The molecule has 0 aliphatic heterocycles. The second-order valence-electron chi connectivity index (χ2n) is 3.95. The van der Waals surface area contributed by atoms with Crippen molar-refractivity contribution in [3.8, 4) is 0 Å². The lowest BCUT2D eigenvalue weighted by Crippen LogP contribution is -2.27. The van der Waals surface area contributed by atoms with Gasteiger partial charge in [-0.2, -0.15) is 0 Å². The van der Waals surface area contributed by atoms with Crippen LogP contribution in [0.25, 0.3) is 0 Å². The molecule has 2 nitrogen and oxygen atoms in total. The van der Waals surface area contributed by atoms with Gasteiger partial charge >= 0.3 is 0 Å². The SMILES string of the molecule is CCCNC(c1occc1Br)C(C)CC. The molecule has 1 heterocycles. The van der Waals surface area contributed by atoms with Gasteiger partial charge in [0, 0.05) is 0 Å². The minimum absolute atomic E-state index is 0.319. The molecule has 0 bridgehead atoms. The van der Waals surface area contributed by atoms with Crippen molar-refractivity contribution in [2.75, 3.05) is 6.54 Å². The van der Waals surface area contributed by atoms with Crippen molar-refractivity contribution in [3.05, 3.63) is 22.6 Å². The zero-order valence-electron chi connectivity index (χ0n) is 9.72. The van der Waals surface area contributed by atoms with Gasteiger partial charge < -0.3 is 9.73 Å². The maximum Gasteiger partial charge on any atom is 0.135 e. The van der Waals surface area contributed by atoms with E-state index in [1.165, 1.54) is 0 Å². The Balaban J connectivity index is 2.76. The molecule has 86 valence electrons. The molecule has 1 rings (SSSR count). The first-order valence-corrected chi connectivity index (χ1v) is 6.46. The van der Waals surface area contributed by atoms with Crippen molar-refractivity contribution in [1.29, 1.82) is 0 Å². The van der Waals surface area contributed by atoms with Crippen LogP contribution in [0.15, 0.2) is 21.2 Å². The smallest absolute Gasteiger partial charge is 0.135 e. The van der Waals surface area contributed by atoms with E-state index in [9.17, 15) is 0 Å². The number of hydrogen-bond acceptors (Lipinski definition) is 2. The molecule has 1 aromatic rings. The molecule has 1 N–H and O–H groups in total. The van der Waals surface area contributed by atoms with Crippen LogP contribution < -0.4 is 5.32 Å². The first kappa shape index (κ1) is 12.8. The van der Waals surface area contributed by atoms with Crippen molar-refractivity contribution >= 4 is 15.9 Å². The summed E-state index contributed by atoms with van der Waals surface area (Å²) in [5, 5.41) is 3.54. The monoisotopic (exact) mass is 273 g/mol. The van der Waals surface area contributed by atoms with Crippen LogP contribution in [0.1, 0.15) is 45.4 Å². The highest BCUT2D eigenvalue weighted by atomic mass is 79.9. The molecule has 1 aromatic heterocycles. The minimum atomic E-state index is 0.319. The molecule has 0 aliphatic carbocycles. The maximum atomic E-state index is 5.54. The topological polar surface area (TPSA) is 25.2 Å². The van der Waals surface area contributed by atoms with Crippen LogP contribution in [0.3, 0.4) is 0 Å². The number of hydrogen-bond donors (Lipinski definition) is 1. The van der Waals surface area contributed by atoms with E-state index in [1.807, 2.05) is 6.07 Å². The first-order chi connectivity index (χ1) is 7.20. The molecule has 0 saturated carbocycles. The predicted molar refractivity (Wildman–Crippen MR) is 66.9 cm³/mol. The van der Waals surface area contributed by atoms with E-state index in [4.69, 9.17) is 4.42 Å². The lowest BCUT2D eigenvalue weighted by atomic mass is 9.97. The summed E-state index contributed by atoms with van der Waals surface area (Å²) in [7, 11) is 0. The average Bonchev–Trinajstić information content (AvgIpc) is 2.65. The van der Waals surface area contributed by atoms with E-state index in [0.29, 0.717) is 12.0 Å². The molecular formula is C12H20BrNO. The zero-order valence-corrected chi connectivity index (χ0v) is 11.3. The zero-order chi connectivity index (χ0) is 11.3. The van der Waals surface area contributed by atoms with Gasteiger partial charge in [-0.05, 0) is 40.9 Å². The van der Waals surface area contributed by atoms with Gasteiger partial charge in [0.25, 0.3) is 0 Å². The van der Waals surface area contributed by atoms with Gasteiger partial charge in [0.15, 0.2) is 0 Å². The number of furan rings is 1. The van der Waals surface area contributed by atoms with Gasteiger partial charge in [0.1, 0.15) is 5.76 Å². The second-order valence-corrected chi connectivity index (χ2v) is 4.80. The lowest BCUT2D eigenvalue weighted by Gasteiger charge is -2.22. The molecule has 0 amide bonds. The van der Waals surface area contributed by atoms with Crippen LogP contribution >= 0.6 is 15.9 Å². The van der Waals surface area contributed by atoms with Gasteiger partial charge in [0.2, 0.25) is 0 Å². The minimum Gasteiger partial charge on any atom is -0.466 e. The normalized spacial score (nSPS) is 15.2. The quantitative estimate of drug-likeness (QED) is 0.843. The summed E-state index contributed by atoms with van der Waals surface area (Å²) in [5.41, 5.74) is 0. The summed E-state index contributed by atoms with van der Waals surface area (Å²) < 4.78 is 6.60.